The van der Waals surface area contributed by atoms with E-state index in [0.717, 1.165) is 18.7 Å². The predicted molar refractivity (Wildman–Crippen MR) is 98.1 cm³/mol. The molecule has 26 heavy (non-hydrogen) atoms. The number of pyridine rings is 2. The van der Waals surface area contributed by atoms with Crippen molar-refractivity contribution in [2.75, 3.05) is 32.8 Å². The van der Waals surface area contributed by atoms with Gasteiger partial charge in [-0.2, -0.15) is 0 Å². The van der Waals surface area contributed by atoms with Crippen molar-refractivity contribution < 1.29 is 9.53 Å². The topological polar surface area (TPSA) is 87.3 Å². The van der Waals surface area contributed by atoms with E-state index >= 15 is 0 Å². The van der Waals surface area contributed by atoms with E-state index in [9.17, 15) is 9.59 Å². The Morgan fingerprint density at radius 2 is 2.15 bits per heavy atom. The van der Waals surface area contributed by atoms with Gasteiger partial charge in [0, 0.05) is 43.8 Å². The minimum Gasteiger partial charge on any atom is -0.379 e. The molecule has 0 saturated carbocycles. The van der Waals surface area contributed by atoms with Gasteiger partial charge >= 0.3 is 0 Å². The second-order valence-corrected chi connectivity index (χ2v) is 6.23. The molecular formula is C19H24N4O3. The third-order valence-corrected chi connectivity index (χ3v) is 4.61. The van der Waals surface area contributed by atoms with Gasteiger partial charge in [-0.15, -0.1) is 0 Å². The Labute approximate surface area is 152 Å². The number of morpholine rings is 1. The number of hydrogen-bond donors (Lipinski definition) is 2. The summed E-state index contributed by atoms with van der Waals surface area (Å²) < 4.78 is 5.44. The fourth-order valence-electron chi connectivity index (χ4n) is 3.21. The highest BCUT2D eigenvalue weighted by Gasteiger charge is 2.24. The first-order valence-corrected chi connectivity index (χ1v) is 8.91. The lowest BCUT2D eigenvalue weighted by atomic mass is 10.1. The van der Waals surface area contributed by atoms with Gasteiger partial charge < -0.3 is 15.0 Å². The summed E-state index contributed by atoms with van der Waals surface area (Å²) in [5.74, 6) is -0.180. The number of ether oxygens (including phenoxy) is 1. The lowest BCUT2D eigenvalue weighted by molar-refractivity contribution is 0.0161. The summed E-state index contributed by atoms with van der Waals surface area (Å²) in [5, 5.41) is 3.02. The van der Waals surface area contributed by atoms with E-state index in [2.05, 4.69) is 20.2 Å². The molecule has 2 aromatic heterocycles. The summed E-state index contributed by atoms with van der Waals surface area (Å²) in [6.45, 7) is 5.37. The van der Waals surface area contributed by atoms with Crippen molar-refractivity contribution in [3.8, 4) is 0 Å². The van der Waals surface area contributed by atoms with E-state index in [0.29, 0.717) is 37.4 Å². The molecule has 2 N–H and O–H groups in total. The molecule has 0 radical (unpaired) electrons. The first kappa shape index (κ1) is 18.3. The van der Waals surface area contributed by atoms with E-state index in [-0.39, 0.29) is 17.5 Å². The van der Waals surface area contributed by atoms with Crippen LogP contribution in [0.5, 0.6) is 0 Å². The zero-order valence-corrected chi connectivity index (χ0v) is 14.9. The second-order valence-electron chi connectivity index (χ2n) is 6.23. The molecule has 2 aromatic rings. The number of amides is 1. The number of H-pyrrole nitrogens is 1. The van der Waals surface area contributed by atoms with Crippen LogP contribution in [-0.4, -0.2) is 53.6 Å². The molecule has 0 aromatic carbocycles. The lowest BCUT2D eigenvalue weighted by Gasteiger charge is -2.34. The average molecular weight is 356 g/mol. The van der Waals surface area contributed by atoms with Crippen LogP contribution in [0.2, 0.25) is 0 Å². The molecule has 1 aliphatic rings. The van der Waals surface area contributed by atoms with Crippen molar-refractivity contribution >= 4 is 5.91 Å². The fourth-order valence-corrected chi connectivity index (χ4v) is 3.21. The van der Waals surface area contributed by atoms with Crippen molar-refractivity contribution in [1.82, 2.24) is 20.2 Å². The molecule has 0 bridgehead atoms. The van der Waals surface area contributed by atoms with Crippen molar-refractivity contribution in [1.29, 1.82) is 0 Å². The van der Waals surface area contributed by atoms with Crippen LogP contribution in [0, 0.1) is 0 Å². The van der Waals surface area contributed by atoms with Crippen LogP contribution < -0.4 is 10.9 Å². The summed E-state index contributed by atoms with van der Waals surface area (Å²) in [6, 6.07) is 6.93. The number of nitrogens with zero attached hydrogens (tertiary/aromatic N) is 2. The molecule has 0 aliphatic carbocycles. The molecule has 1 amide bonds. The minimum absolute atomic E-state index is 0.0318. The van der Waals surface area contributed by atoms with Gasteiger partial charge in [0.15, 0.2) is 0 Å². The lowest BCUT2D eigenvalue weighted by Crippen LogP contribution is -2.44. The number of nitrogens with one attached hydrogen (secondary N) is 2. The van der Waals surface area contributed by atoms with Crippen LogP contribution in [0.3, 0.4) is 0 Å². The van der Waals surface area contributed by atoms with Crippen molar-refractivity contribution in [2.24, 2.45) is 0 Å². The zero-order valence-electron chi connectivity index (χ0n) is 14.9. The largest absolute Gasteiger partial charge is 0.379 e. The maximum atomic E-state index is 12.7. The number of carbonyl (C=O) groups excluding carboxylic acids is 1. The average Bonchev–Trinajstić information content (AvgIpc) is 2.69. The quantitative estimate of drug-likeness (QED) is 0.810. The summed E-state index contributed by atoms with van der Waals surface area (Å²) in [7, 11) is 0. The Morgan fingerprint density at radius 1 is 1.35 bits per heavy atom. The molecule has 1 unspecified atom stereocenters. The summed E-state index contributed by atoms with van der Waals surface area (Å²) in [4.78, 5) is 33.4. The molecule has 1 saturated heterocycles. The smallest absolute Gasteiger partial charge is 0.253 e. The molecule has 1 atom stereocenters. The van der Waals surface area contributed by atoms with E-state index in [1.165, 1.54) is 6.07 Å². The van der Waals surface area contributed by atoms with Crippen LogP contribution in [0.15, 0.2) is 41.5 Å². The van der Waals surface area contributed by atoms with Gasteiger partial charge in [0.1, 0.15) is 0 Å². The molecule has 7 nitrogen and oxygen atoms in total. The highest BCUT2D eigenvalue weighted by atomic mass is 16.5. The highest BCUT2D eigenvalue weighted by molar-refractivity contribution is 5.95. The van der Waals surface area contributed by atoms with Gasteiger partial charge in [0.25, 0.3) is 5.91 Å². The van der Waals surface area contributed by atoms with Crippen LogP contribution in [0.1, 0.15) is 34.6 Å². The van der Waals surface area contributed by atoms with Crippen molar-refractivity contribution in [3.63, 3.8) is 0 Å². The number of aryl methyl sites for hydroxylation is 1. The third-order valence-electron chi connectivity index (χ3n) is 4.61. The van der Waals surface area contributed by atoms with Crippen molar-refractivity contribution in [2.45, 2.75) is 19.4 Å². The van der Waals surface area contributed by atoms with Crippen LogP contribution >= 0.6 is 0 Å². The summed E-state index contributed by atoms with van der Waals surface area (Å²) in [6.07, 6.45) is 4.17. The molecule has 3 heterocycles. The van der Waals surface area contributed by atoms with Gasteiger partial charge in [0.05, 0.1) is 24.8 Å². The Bertz CT molecular complexity index is 785. The zero-order chi connectivity index (χ0) is 18.4. The number of aromatic amines is 1. The van der Waals surface area contributed by atoms with Gasteiger partial charge in [-0.25, -0.2) is 0 Å². The Morgan fingerprint density at radius 3 is 2.85 bits per heavy atom. The minimum atomic E-state index is -0.194. The maximum Gasteiger partial charge on any atom is 0.253 e. The van der Waals surface area contributed by atoms with E-state index in [1.54, 1.807) is 12.3 Å². The second kappa shape index (κ2) is 8.73. The Hall–Kier alpha value is -2.51. The normalized spacial score (nSPS) is 16.2. The van der Waals surface area contributed by atoms with Crippen LogP contribution in [0.4, 0.5) is 0 Å². The van der Waals surface area contributed by atoms with E-state index in [1.807, 2.05) is 25.3 Å². The van der Waals surface area contributed by atoms with Crippen LogP contribution in [-0.2, 0) is 11.2 Å². The number of hydrogen-bond acceptors (Lipinski definition) is 5. The number of aromatic nitrogens is 2. The molecule has 3 rings (SSSR count). The Balaban J connectivity index is 1.75. The van der Waals surface area contributed by atoms with Gasteiger partial charge in [-0.3, -0.25) is 19.5 Å². The molecule has 7 heteroatoms. The monoisotopic (exact) mass is 356 g/mol. The summed E-state index contributed by atoms with van der Waals surface area (Å²) in [5.41, 5.74) is 2.03. The maximum absolute atomic E-state index is 12.7. The van der Waals surface area contributed by atoms with Gasteiger partial charge in [-0.1, -0.05) is 13.0 Å². The number of carbonyl (C=O) groups is 1. The Kier molecular flexibility index (Phi) is 6.14. The van der Waals surface area contributed by atoms with E-state index in [4.69, 9.17) is 4.74 Å². The van der Waals surface area contributed by atoms with E-state index < -0.39 is 0 Å². The molecule has 1 fully saturated rings. The van der Waals surface area contributed by atoms with Gasteiger partial charge in [0.2, 0.25) is 5.56 Å². The van der Waals surface area contributed by atoms with Crippen LogP contribution in [0.25, 0.3) is 0 Å². The first-order chi connectivity index (χ1) is 12.7. The highest BCUT2D eigenvalue weighted by Crippen LogP contribution is 2.20. The fraction of sp³-hybridized carbons (Fsp3) is 0.421. The SMILES string of the molecule is CCc1[nH]c(=O)ccc1C(=O)NCC(c1cccnc1)N1CCOCC1. The number of rotatable bonds is 6. The standard InChI is InChI=1S/C19H24N4O3/c1-2-16-15(5-6-18(24)22-16)19(25)21-13-17(14-4-3-7-20-12-14)23-8-10-26-11-9-23/h3-7,12,17H,2,8-11,13H2,1H3,(H,21,25)(H,22,24). The molecule has 1 aliphatic heterocycles. The molecule has 138 valence electrons. The summed E-state index contributed by atoms with van der Waals surface area (Å²) >= 11 is 0. The molecular weight excluding hydrogens is 332 g/mol. The van der Waals surface area contributed by atoms with Gasteiger partial charge in [-0.05, 0) is 24.1 Å². The van der Waals surface area contributed by atoms with Crippen molar-refractivity contribution in [3.05, 3.63) is 63.8 Å². The predicted octanol–water partition coefficient (Wildman–Crippen LogP) is 1.14. The molecule has 0 spiro atoms. The first-order valence-electron chi connectivity index (χ1n) is 8.91. The third kappa shape index (κ3) is 4.36.